The molecule has 2 heterocycles. The fourth-order valence-electron chi connectivity index (χ4n) is 3.27. The van der Waals surface area contributed by atoms with Crippen LogP contribution in [-0.4, -0.2) is 68.0 Å². The van der Waals surface area contributed by atoms with Gasteiger partial charge in [-0.15, -0.1) is 0 Å². The molecule has 1 atom stereocenters. The maximum Gasteiger partial charge on any atom is 0.191 e. The van der Waals surface area contributed by atoms with Crippen LogP contribution in [0.1, 0.15) is 37.8 Å². The number of hydrogen-bond acceptors (Lipinski definition) is 5. The van der Waals surface area contributed by atoms with Crippen molar-refractivity contribution >= 4 is 5.96 Å². The van der Waals surface area contributed by atoms with E-state index in [0.717, 1.165) is 63.2 Å². The number of hydrogen-bond donors (Lipinski definition) is 2. The molecule has 2 N–H and O–H groups in total. The highest BCUT2D eigenvalue weighted by Crippen LogP contribution is 2.12. The van der Waals surface area contributed by atoms with Gasteiger partial charge in [0.05, 0.1) is 24.9 Å². The maximum atomic E-state index is 5.89. The monoisotopic (exact) mass is 365 g/mol. The molecule has 7 heteroatoms. The smallest absolute Gasteiger partial charge is 0.191 e. The van der Waals surface area contributed by atoms with E-state index in [1.54, 1.807) is 0 Å². The van der Waals surface area contributed by atoms with E-state index in [0.29, 0.717) is 12.5 Å². The van der Waals surface area contributed by atoms with E-state index in [2.05, 4.69) is 41.5 Å². The van der Waals surface area contributed by atoms with Crippen molar-refractivity contribution in [3.05, 3.63) is 17.0 Å². The normalized spacial score (nSPS) is 19.2. The van der Waals surface area contributed by atoms with Gasteiger partial charge in [0.25, 0.3) is 0 Å². The van der Waals surface area contributed by atoms with Crippen molar-refractivity contribution in [2.24, 2.45) is 10.9 Å². The highest BCUT2D eigenvalue weighted by molar-refractivity contribution is 5.79. The van der Waals surface area contributed by atoms with E-state index < -0.39 is 0 Å². The first-order valence-electron chi connectivity index (χ1n) is 9.77. The number of nitrogens with zero attached hydrogens (tertiary/aromatic N) is 3. The number of aromatic nitrogens is 1. The standard InChI is InChI=1S/C19H35N5O2/c1-6-20-19(21-8-7-18-15(4)23-26-16(18)5)22-11-17-13-24(9-10-25-17)12-14(2)3/h14,17H,6-13H2,1-5H3,(H2,20,21,22). The van der Waals surface area contributed by atoms with E-state index in [4.69, 9.17) is 14.3 Å². The highest BCUT2D eigenvalue weighted by Gasteiger charge is 2.20. The van der Waals surface area contributed by atoms with E-state index in [-0.39, 0.29) is 6.10 Å². The number of nitrogens with one attached hydrogen (secondary N) is 2. The van der Waals surface area contributed by atoms with Gasteiger partial charge < -0.3 is 19.9 Å². The molecule has 1 unspecified atom stereocenters. The number of ether oxygens (including phenoxy) is 1. The van der Waals surface area contributed by atoms with Crippen LogP contribution < -0.4 is 10.6 Å². The average molecular weight is 366 g/mol. The second-order valence-electron chi connectivity index (χ2n) is 7.35. The zero-order valence-corrected chi connectivity index (χ0v) is 17.0. The van der Waals surface area contributed by atoms with Crippen molar-refractivity contribution in [1.82, 2.24) is 20.7 Å². The third-order valence-corrected chi connectivity index (χ3v) is 4.49. The van der Waals surface area contributed by atoms with Crippen LogP contribution in [0.4, 0.5) is 0 Å². The number of rotatable bonds is 8. The fraction of sp³-hybridized carbons (Fsp3) is 0.789. The molecule has 0 spiro atoms. The van der Waals surface area contributed by atoms with Gasteiger partial charge in [-0.2, -0.15) is 0 Å². The van der Waals surface area contributed by atoms with Crippen molar-refractivity contribution in [2.75, 3.05) is 45.9 Å². The molecule has 1 aliphatic heterocycles. The quantitative estimate of drug-likeness (QED) is 0.540. The lowest BCUT2D eigenvalue weighted by atomic mass is 10.1. The molecule has 1 fully saturated rings. The van der Waals surface area contributed by atoms with Crippen molar-refractivity contribution in [3.63, 3.8) is 0 Å². The van der Waals surface area contributed by atoms with E-state index in [9.17, 15) is 0 Å². The molecule has 1 aromatic rings. The summed E-state index contributed by atoms with van der Waals surface area (Å²) in [5.41, 5.74) is 2.14. The minimum absolute atomic E-state index is 0.167. The molecule has 0 amide bonds. The molecule has 26 heavy (non-hydrogen) atoms. The lowest BCUT2D eigenvalue weighted by Gasteiger charge is -2.33. The number of aliphatic imine (C=N–C) groups is 1. The Hall–Kier alpha value is -1.60. The second kappa shape index (κ2) is 10.5. The molecule has 148 valence electrons. The van der Waals surface area contributed by atoms with Crippen molar-refractivity contribution < 1.29 is 9.26 Å². The van der Waals surface area contributed by atoms with E-state index in [1.165, 1.54) is 5.56 Å². The van der Waals surface area contributed by atoms with Crippen molar-refractivity contribution in [2.45, 2.75) is 47.1 Å². The zero-order chi connectivity index (χ0) is 18.9. The van der Waals surface area contributed by atoms with Crippen LogP contribution >= 0.6 is 0 Å². The fourth-order valence-corrected chi connectivity index (χ4v) is 3.27. The predicted octanol–water partition coefficient (Wildman–Crippen LogP) is 1.75. The highest BCUT2D eigenvalue weighted by atomic mass is 16.5. The average Bonchev–Trinajstić information content (AvgIpc) is 2.91. The summed E-state index contributed by atoms with van der Waals surface area (Å²) in [6.45, 7) is 16.7. The first-order chi connectivity index (χ1) is 12.5. The molecule has 0 radical (unpaired) electrons. The summed E-state index contributed by atoms with van der Waals surface area (Å²) in [5.74, 6) is 2.41. The van der Waals surface area contributed by atoms with Crippen LogP contribution in [-0.2, 0) is 11.2 Å². The Bertz CT molecular complexity index is 551. The molecule has 0 aromatic carbocycles. The Morgan fingerprint density at radius 1 is 1.35 bits per heavy atom. The van der Waals surface area contributed by atoms with Crippen molar-refractivity contribution in [1.29, 1.82) is 0 Å². The number of morpholine rings is 1. The Labute approximate surface area is 157 Å². The Kier molecular flexibility index (Phi) is 8.38. The van der Waals surface area contributed by atoms with Gasteiger partial charge in [-0.1, -0.05) is 19.0 Å². The van der Waals surface area contributed by atoms with Gasteiger partial charge in [-0.05, 0) is 33.1 Å². The van der Waals surface area contributed by atoms with Crippen LogP contribution in [0.15, 0.2) is 9.52 Å². The summed E-state index contributed by atoms with van der Waals surface area (Å²) < 4.78 is 11.1. The second-order valence-corrected chi connectivity index (χ2v) is 7.35. The van der Waals surface area contributed by atoms with Gasteiger partial charge in [-0.25, -0.2) is 0 Å². The topological polar surface area (TPSA) is 74.9 Å². The lowest BCUT2D eigenvalue weighted by molar-refractivity contribution is -0.0261. The Balaban J connectivity index is 1.82. The summed E-state index contributed by atoms with van der Waals surface area (Å²) in [6.07, 6.45) is 1.04. The molecule has 1 aromatic heterocycles. The van der Waals surface area contributed by atoms with Crippen LogP contribution in [0.2, 0.25) is 0 Å². The summed E-state index contributed by atoms with van der Waals surface area (Å²) in [4.78, 5) is 7.20. The Morgan fingerprint density at radius 2 is 2.15 bits per heavy atom. The van der Waals surface area contributed by atoms with Crippen molar-refractivity contribution in [3.8, 4) is 0 Å². The number of guanidine groups is 1. The summed E-state index contributed by atoms with van der Waals surface area (Å²) in [7, 11) is 0. The SMILES string of the molecule is CCNC(=NCC1CN(CC(C)C)CCO1)NCCc1c(C)noc1C. The molecular weight excluding hydrogens is 330 g/mol. The molecule has 1 aliphatic rings. The molecule has 2 rings (SSSR count). The summed E-state index contributed by atoms with van der Waals surface area (Å²) in [5, 5.41) is 10.7. The van der Waals surface area contributed by atoms with Gasteiger partial charge in [0.15, 0.2) is 5.96 Å². The minimum Gasteiger partial charge on any atom is -0.374 e. The van der Waals surface area contributed by atoms with Gasteiger partial charge in [0.1, 0.15) is 5.76 Å². The van der Waals surface area contributed by atoms with Crippen LogP contribution in [0.25, 0.3) is 0 Å². The minimum atomic E-state index is 0.167. The van der Waals surface area contributed by atoms with Gasteiger partial charge >= 0.3 is 0 Å². The van der Waals surface area contributed by atoms with Gasteiger partial charge in [-0.3, -0.25) is 9.89 Å². The molecule has 0 bridgehead atoms. The van der Waals surface area contributed by atoms with Crippen LogP contribution in [0.5, 0.6) is 0 Å². The largest absolute Gasteiger partial charge is 0.374 e. The van der Waals surface area contributed by atoms with E-state index >= 15 is 0 Å². The predicted molar refractivity (Wildman–Crippen MR) is 105 cm³/mol. The van der Waals surface area contributed by atoms with E-state index in [1.807, 2.05) is 13.8 Å². The van der Waals surface area contributed by atoms with Gasteiger partial charge in [0.2, 0.25) is 0 Å². The molecule has 0 saturated carbocycles. The van der Waals surface area contributed by atoms with Crippen LogP contribution in [0.3, 0.4) is 0 Å². The summed E-state index contributed by atoms with van der Waals surface area (Å²) >= 11 is 0. The molecule has 1 saturated heterocycles. The van der Waals surface area contributed by atoms with Gasteiger partial charge in [0, 0.05) is 38.3 Å². The lowest BCUT2D eigenvalue weighted by Crippen LogP contribution is -2.46. The maximum absolute atomic E-state index is 5.89. The zero-order valence-electron chi connectivity index (χ0n) is 17.0. The first-order valence-corrected chi connectivity index (χ1v) is 9.77. The first kappa shape index (κ1) is 20.7. The number of aryl methyl sites for hydroxylation is 2. The van der Waals surface area contributed by atoms with Crippen LogP contribution in [0, 0.1) is 19.8 Å². The molecule has 0 aliphatic carbocycles. The Morgan fingerprint density at radius 3 is 2.81 bits per heavy atom. The third-order valence-electron chi connectivity index (χ3n) is 4.49. The third kappa shape index (κ3) is 6.61. The summed E-state index contributed by atoms with van der Waals surface area (Å²) in [6, 6.07) is 0. The molecule has 7 nitrogen and oxygen atoms in total. The molecular formula is C19H35N5O2.